The van der Waals surface area contributed by atoms with Gasteiger partial charge in [0.1, 0.15) is 17.2 Å². The molecular weight excluding hydrogens is 462 g/mol. The van der Waals surface area contributed by atoms with E-state index in [9.17, 15) is 9.59 Å². The van der Waals surface area contributed by atoms with Crippen LogP contribution in [0.5, 0.6) is 11.5 Å². The van der Waals surface area contributed by atoms with E-state index in [2.05, 4.69) is 10.3 Å². The third kappa shape index (κ3) is 6.10. The van der Waals surface area contributed by atoms with Gasteiger partial charge in [-0.3, -0.25) is 14.5 Å². The monoisotopic (exact) mass is 487 g/mol. The van der Waals surface area contributed by atoms with Gasteiger partial charge in [-0.2, -0.15) is 0 Å². The Morgan fingerprint density at radius 2 is 1.71 bits per heavy atom. The second kappa shape index (κ2) is 11.4. The molecule has 1 aliphatic rings. The van der Waals surface area contributed by atoms with Gasteiger partial charge in [-0.05, 0) is 41.5 Å². The second-order valence-electron chi connectivity index (χ2n) is 7.59. The molecule has 1 N–H and O–H groups in total. The number of benzene rings is 3. The average molecular weight is 488 g/mol. The largest absolute Gasteiger partial charge is 0.497 e. The lowest BCUT2D eigenvalue weighted by Gasteiger charge is -2.18. The van der Waals surface area contributed by atoms with Crippen molar-refractivity contribution in [2.45, 2.75) is 6.54 Å². The molecule has 178 valence electrons. The number of aliphatic imine (C=N–C) groups is 1. The lowest BCUT2D eigenvalue weighted by atomic mass is 10.2. The van der Waals surface area contributed by atoms with E-state index < -0.39 is 0 Å². The molecule has 35 heavy (non-hydrogen) atoms. The summed E-state index contributed by atoms with van der Waals surface area (Å²) in [6.45, 7) is 0.438. The summed E-state index contributed by atoms with van der Waals surface area (Å²) >= 11 is 1.21. The minimum Gasteiger partial charge on any atom is -0.497 e. The third-order valence-corrected chi connectivity index (χ3v) is 6.16. The van der Waals surface area contributed by atoms with Crippen LogP contribution in [0.1, 0.15) is 11.1 Å². The average Bonchev–Trinajstić information content (AvgIpc) is 3.21. The minimum atomic E-state index is -0.277. The molecule has 2 amide bonds. The van der Waals surface area contributed by atoms with Crippen molar-refractivity contribution in [3.05, 3.63) is 95.7 Å². The van der Waals surface area contributed by atoms with Gasteiger partial charge < -0.3 is 14.8 Å². The van der Waals surface area contributed by atoms with Crippen LogP contribution in [-0.2, 0) is 16.1 Å². The molecule has 0 saturated heterocycles. The Bertz CT molecular complexity index is 1260. The first-order valence-electron chi connectivity index (χ1n) is 10.9. The molecule has 8 heteroatoms. The summed E-state index contributed by atoms with van der Waals surface area (Å²) in [6.07, 6.45) is 1.72. The Balaban J connectivity index is 1.54. The van der Waals surface area contributed by atoms with Crippen LogP contribution in [0.3, 0.4) is 0 Å². The van der Waals surface area contributed by atoms with Gasteiger partial charge in [-0.15, -0.1) is 0 Å². The number of amides is 2. The third-order valence-electron chi connectivity index (χ3n) is 5.23. The summed E-state index contributed by atoms with van der Waals surface area (Å²) in [5.41, 5.74) is 2.73. The highest BCUT2D eigenvalue weighted by Gasteiger charge is 2.32. The fraction of sp³-hybridized carbons (Fsp3) is 0.148. The maximum Gasteiger partial charge on any atom is 0.283 e. The summed E-state index contributed by atoms with van der Waals surface area (Å²) in [7, 11) is 3.17. The van der Waals surface area contributed by atoms with Crippen LogP contribution in [-0.4, -0.2) is 37.0 Å². The van der Waals surface area contributed by atoms with Crippen LogP contribution < -0.4 is 19.7 Å². The summed E-state index contributed by atoms with van der Waals surface area (Å²) in [5.74, 6) is 1.04. The molecule has 0 aliphatic carbocycles. The maximum absolute atomic E-state index is 13.4. The van der Waals surface area contributed by atoms with Crippen molar-refractivity contribution in [1.82, 2.24) is 5.32 Å². The van der Waals surface area contributed by atoms with E-state index in [1.807, 2.05) is 66.7 Å². The second-order valence-corrected chi connectivity index (χ2v) is 8.53. The van der Waals surface area contributed by atoms with E-state index in [0.29, 0.717) is 23.1 Å². The number of nitrogens with one attached hydrogen (secondary N) is 1. The number of hydrogen-bond acceptors (Lipinski definition) is 6. The molecule has 0 aromatic heterocycles. The minimum absolute atomic E-state index is 0.120. The Morgan fingerprint density at radius 1 is 0.971 bits per heavy atom. The number of amidine groups is 1. The number of methoxy groups -OCH3 is 2. The number of carbonyl (C=O) groups is 2. The van der Waals surface area contributed by atoms with Crippen LogP contribution in [0.15, 0.2) is 89.6 Å². The van der Waals surface area contributed by atoms with E-state index >= 15 is 0 Å². The number of nitrogens with zero attached hydrogens (tertiary/aromatic N) is 2. The van der Waals surface area contributed by atoms with Crippen LogP contribution in [0.4, 0.5) is 5.69 Å². The quantitative estimate of drug-likeness (QED) is 0.474. The van der Waals surface area contributed by atoms with Gasteiger partial charge in [0.15, 0.2) is 5.17 Å². The van der Waals surface area contributed by atoms with Gasteiger partial charge >= 0.3 is 0 Å². The lowest BCUT2D eigenvalue weighted by Crippen LogP contribution is -2.32. The summed E-state index contributed by atoms with van der Waals surface area (Å²) in [4.78, 5) is 31.9. The molecule has 0 atom stereocenters. The zero-order valence-corrected chi connectivity index (χ0v) is 20.2. The van der Waals surface area contributed by atoms with Gasteiger partial charge in [0.05, 0.1) is 25.7 Å². The van der Waals surface area contributed by atoms with Gasteiger partial charge in [0, 0.05) is 12.6 Å². The fourth-order valence-electron chi connectivity index (χ4n) is 3.41. The number of carbonyl (C=O) groups excluding carboxylic acids is 2. The van der Waals surface area contributed by atoms with Crippen molar-refractivity contribution in [2.75, 3.05) is 24.9 Å². The van der Waals surface area contributed by atoms with Crippen molar-refractivity contribution in [1.29, 1.82) is 0 Å². The molecule has 0 spiro atoms. The van der Waals surface area contributed by atoms with Crippen molar-refractivity contribution < 1.29 is 19.1 Å². The molecule has 0 saturated carbocycles. The number of rotatable bonds is 8. The first-order chi connectivity index (χ1) is 17.1. The molecule has 7 nitrogen and oxygen atoms in total. The Hall–Kier alpha value is -4.04. The van der Waals surface area contributed by atoms with Gasteiger partial charge in [-0.1, -0.05) is 60.3 Å². The normalized spacial score (nSPS) is 14.1. The van der Waals surface area contributed by atoms with E-state index in [1.54, 1.807) is 32.4 Å². The lowest BCUT2D eigenvalue weighted by molar-refractivity contribution is -0.118. The van der Waals surface area contributed by atoms with Crippen LogP contribution >= 0.6 is 11.8 Å². The molecule has 0 radical (unpaired) electrons. The highest BCUT2D eigenvalue weighted by molar-refractivity contribution is 8.14. The Labute approximate surface area is 208 Å². The molecule has 4 rings (SSSR count). The molecule has 1 aliphatic heterocycles. The Kier molecular flexibility index (Phi) is 7.84. The van der Waals surface area contributed by atoms with Crippen LogP contribution in [0, 0.1) is 0 Å². The van der Waals surface area contributed by atoms with Crippen molar-refractivity contribution in [2.24, 2.45) is 4.99 Å². The standard InChI is InChI=1S/C27H25N3O4S/c1-33-22-13-11-19(12-14-22)15-24-26(32)30(21-9-6-10-23(16-21)34-2)27(29-24)35-18-25(31)28-17-20-7-4-3-5-8-20/h3-16H,17-18H2,1-2H3,(H,28,31)/b24-15-. The first kappa shape index (κ1) is 24.1. The Morgan fingerprint density at radius 3 is 2.43 bits per heavy atom. The van der Waals surface area contributed by atoms with Crippen LogP contribution in [0.25, 0.3) is 6.08 Å². The zero-order chi connectivity index (χ0) is 24.6. The fourth-order valence-corrected chi connectivity index (χ4v) is 4.25. The van der Waals surface area contributed by atoms with Crippen LogP contribution in [0.2, 0.25) is 0 Å². The predicted molar refractivity (Wildman–Crippen MR) is 140 cm³/mol. The van der Waals surface area contributed by atoms with Crippen molar-refractivity contribution >= 4 is 40.5 Å². The molecule has 0 fully saturated rings. The number of anilines is 1. The van der Waals surface area contributed by atoms with E-state index in [-0.39, 0.29) is 23.3 Å². The highest BCUT2D eigenvalue weighted by Crippen LogP contribution is 2.31. The summed E-state index contributed by atoms with van der Waals surface area (Å²) in [5, 5.41) is 3.33. The van der Waals surface area contributed by atoms with Crippen molar-refractivity contribution in [3.8, 4) is 11.5 Å². The van der Waals surface area contributed by atoms with Gasteiger partial charge in [0.25, 0.3) is 5.91 Å². The van der Waals surface area contributed by atoms with E-state index in [0.717, 1.165) is 16.9 Å². The molecule has 3 aromatic carbocycles. The van der Waals surface area contributed by atoms with Crippen molar-refractivity contribution in [3.63, 3.8) is 0 Å². The van der Waals surface area contributed by atoms with E-state index in [1.165, 1.54) is 16.7 Å². The van der Waals surface area contributed by atoms with E-state index in [4.69, 9.17) is 9.47 Å². The molecular formula is C27H25N3O4S. The molecule has 0 unspecified atom stereocenters. The number of thioether (sulfide) groups is 1. The molecule has 3 aromatic rings. The maximum atomic E-state index is 13.4. The van der Waals surface area contributed by atoms with Gasteiger partial charge in [0.2, 0.25) is 5.91 Å². The summed E-state index contributed by atoms with van der Waals surface area (Å²) in [6, 6.07) is 24.2. The number of hydrogen-bond donors (Lipinski definition) is 1. The highest BCUT2D eigenvalue weighted by atomic mass is 32.2. The molecule has 0 bridgehead atoms. The summed E-state index contributed by atoms with van der Waals surface area (Å²) < 4.78 is 10.5. The smallest absolute Gasteiger partial charge is 0.283 e. The zero-order valence-electron chi connectivity index (χ0n) is 19.4. The topological polar surface area (TPSA) is 80.2 Å². The SMILES string of the molecule is COc1ccc(/C=C2\N=C(SCC(=O)NCc3ccccc3)N(c3cccc(OC)c3)C2=O)cc1. The first-order valence-corrected chi connectivity index (χ1v) is 11.9. The predicted octanol–water partition coefficient (Wildman–Crippen LogP) is 4.50. The molecule has 1 heterocycles. The number of ether oxygens (including phenoxy) is 2. The van der Waals surface area contributed by atoms with Gasteiger partial charge in [-0.25, -0.2) is 4.99 Å².